The molecule has 0 unspecified atom stereocenters. The van der Waals surface area contributed by atoms with Crippen LogP contribution in [-0.2, 0) is 10.1 Å². The number of amides is 1. The molecule has 0 aromatic rings. The lowest BCUT2D eigenvalue weighted by Gasteiger charge is -1.99. The molecular weight excluding hydrogens is 170 g/mol. The van der Waals surface area contributed by atoms with E-state index in [2.05, 4.69) is 0 Å². The topological polar surface area (TPSA) is 83.5 Å². The van der Waals surface area contributed by atoms with Gasteiger partial charge in [-0.15, -0.1) is 0 Å². The molecule has 0 aliphatic carbocycles. The molecule has 66 valence electrons. The second-order valence-electron chi connectivity index (χ2n) is 2.04. The van der Waals surface area contributed by atoms with Gasteiger partial charge >= 0.3 is 15.4 Å². The molecule has 0 aliphatic heterocycles. The highest BCUT2D eigenvalue weighted by atomic mass is 32.2. The van der Waals surface area contributed by atoms with E-state index in [1.54, 1.807) is 0 Å². The van der Waals surface area contributed by atoms with E-state index >= 15 is 0 Å². The number of hydrogen-bond acceptors (Lipinski definition) is 3. The van der Waals surface area contributed by atoms with Crippen molar-refractivity contribution < 1.29 is 17.8 Å². The molecule has 0 fully saturated rings. The summed E-state index contributed by atoms with van der Waals surface area (Å²) in [5.74, 6) is 0. The molecule has 1 amide bonds. The van der Waals surface area contributed by atoms with Crippen LogP contribution in [0.15, 0.2) is 0 Å². The van der Waals surface area contributed by atoms with E-state index in [0.29, 0.717) is 6.42 Å². The minimum Gasteiger partial charge on any atom is -0.341 e. The van der Waals surface area contributed by atoms with Crippen LogP contribution in [0.4, 0.5) is 4.79 Å². The Bertz CT molecular complexity index is 221. The summed E-state index contributed by atoms with van der Waals surface area (Å²) in [7, 11) is -4.53. The predicted molar refractivity (Wildman–Crippen MR) is 39.9 cm³/mol. The van der Waals surface area contributed by atoms with Crippen LogP contribution in [0.25, 0.3) is 0 Å². The Hall–Kier alpha value is -0.620. The van der Waals surface area contributed by atoms with E-state index in [1.165, 1.54) is 0 Å². The Morgan fingerprint density at radius 2 is 2.09 bits per heavy atom. The molecule has 5 nitrogen and oxygen atoms in total. The average Bonchev–Trinajstić information content (AvgIpc) is 1.86. The first-order valence-electron chi connectivity index (χ1n) is 3.23. The maximum atomic E-state index is 10.4. The molecular formula is C5H11NO4S. The largest absolute Gasteiger partial charge is 0.363 e. The van der Waals surface area contributed by atoms with Crippen LogP contribution in [0.3, 0.4) is 0 Å². The van der Waals surface area contributed by atoms with E-state index < -0.39 is 15.4 Å². The van der Waals surface area contributed by atoms with Gasteiger partial charge in [-0.1, -0.05) is 13.3 Å². The Kier molecular flexibility index (Phi) is 4.06. The summed E-state index contributed by atoms with van der Waals surface area (Å²) in [6.07, 6.45) is 1.55. The summed E-state index contributed by atoms with van der Waals surface area (Å²) < 4.78 is 28.3. The standard InChI is InChI=1S/C5H11NO4S/c1-2-3-4-6-5(7)11(8,9)10/h2-4H2,1H3,(H,6,7)(H,8,9,10). The van der Waals surface area contributed by atoms with Gasteiger partial charge in [0, 0.05) is 6.54 Å². The Morgan fingerprint density at radius 1 is 1.55 bits per heavy atom. The van der Waals surface area contributed by atoms with Crippen molar-refractivity contribution in [3.8, 4) is 0 Å². The van der Waals surface area contributed by atoms with Crippen LogP contribution in [0, 0.1) is 0 Å². The van der Waals surface area contributed by atoms with E-state index in [4.69, 9.17) is 4.55 Å². The molecule has 2 N–H and O–H groups in total. The van der Waals surface area contributed by atoms with Crippen LogP contribution in [-0.4, -0.2) is 24.8 Å². The van der Waals surface area contributed by atoms with Crippen LogP contribution >= 0.6 is 0 Å². The van der Waals surface area contributed by atoms with Crippen LogP contribution in [0.2, 0.25) is 0 Å². The third-order valence-corrected chi connectivity index (χ3v) is 1.65. The van der Waals surface area contributed by atoms with E-state index in [-0.39, 0.29) is 6.54 Å². The van der Waals surface area contributed by atoms with Gasteiger partial charge in [0.1, 0.15) is 0 Å². The molecule has 0 aromatic carbocycles. The second-order valence-corrected chi connectivity index (χ2v) is 3.36. The SMILES string of the molecule is CCCCNC(=O)S(=O)(=O)O. The van der Waals surface area contributed by atoms with Gasteiger partial charge in [0.05, 0.1) is 0 Å². The van der Waals surface area contributed by atoms with Gasteiger partial charge in [-0.05, 0) is 6.42 Å². The van der Waals surface area contributed by atoms with E-state index in [9.17, 15) is 13.2 Å². The lowest BCUT2D eigenvalue weighted by atomic mass is 10.3. The maximum Gasteiger partial charge on any atom is 0.363 e. The summed E-state index contributed by atoms with van der Waals surface area (Å²) in [4.78, 5) is 10.4. The third-order valence-electron chi connectivity index (χ3n) is 1.03. The summed E-state index contributed by atoms with van der Waals surface area (Å²) in [6.45, 7) is 2.18. The smallest absolute Gasteiger partial charge is 0.341 e. The molecule has 0 aliphatic rings. The molecule has 0 aromatic heterocycles. The molecule has 0 heterocycles. The molecule has 0 radical (unpaired) electrons. The summed E-state index contributed by atoms with van der Waals surface area (Å²) in [6, 6.07) is 0. The van der Waals surface area contributed by atoms with Gasteiger partial charge in [-0.2, -0.15) is 8.42 Å². The van der Waals surface area contributed by atoms with Crippen molar-refractivity contribution in [2.24, 2.45) is 0 Å². The van der Waals surface area contributed by atoms with Crippen molar-refractivity contribution in [1.82, 2.24) is 5.32 Å². The highest BCUT2D eigenvalue weighted by Crippen LogP contribution is 1.87. The number of rotatable bonds is 3. The third kappa shape index (κ3) is 4.74. The van der Waals surface area contributed by atoms with E-state index in [0.717, 1.165) is 6.42 Å². The number of carbonyl (C=O) groups excluding carboxylic acids is 1. The lowest BCUT2D eigenvalue weighted by molar-refractivity contribution is 0.255. The minimum atomic E-state index is -4.53. The van der Waals surface area contributed by atoms with Gasteiger partial charge in [-0.25, -0.2) is 0 Å². The van der Waals surface area contributed by atoms with Crippen LogP contribution in [0.5, 0.6) is 0 Å². The summed E-state index contributed by atoms with van der Waals surface area (Å²) in [5.41, 5.74) is 0. The van der Waals surface area contributed by atoms with Gasteiger partial charge in [0.15, 0.2) is 0 Å². The zero-order chi connectivity index (χ0) is 8.91. The molecule has 0 atom stereocenters. The fraction of sp³-hybridized carbons (Fsp3) is 0.800. The quantitative estimate of drug-likeness (QED) is 0.487. The fourth-order valence-electron chi connectivity index (χ4n) is 0.458. The van der Waals surface area contributed by atoms with Gasteiger partial charge in [0.2, 0.25) is 0 Å². The second kappa shape index (κ2) is 4.30. The monoisotopic (exact) mass is 181 g/mol. The first kappa shape index (κ1) is 10.4. The zero-order valence-electron chi connectivity index (χ0n) is 6.20. The molecule has 0 rings (SSSR count). The van der Waals surface area contributed by atoms with Crippen molar-refractivity contribution in [3.63, 3.8) is 0 Å². The van der Waals surface area contributed by atoms with Crippen molar-refractivity contribution in [2.45, 2.75) is 19.8 Å². The molecule has 6 heteroatoms. The maximum absolute atomic E-state index is 10.4. The highest BCUT2D eigenvalue weighted by molar-refractivity contribution is 8.01. The number of carbonyl (C=O) groups is 1. The minimum absolute atomic E-state index is 0.273. The molecule has 0 spiro atoms. The highest BCUT2D eigenvalue weighted by Gasteiger charge is 2.16. The number of unbranched alkanes of at least 4 members (excludes halogenated alkanes) is 1. The summed E-state index contributed by atoms with van der Waals surface area (Å²) >= 11 is 0. The first-order valence-corrected chi connectivity index (χ1v) is 4.67. The van der Waals surface area contributed by atoms with Crippen LogP contribution in [0.1, 0.15) is 19.8 Å². The van der Waals surface area contributed by atoms with Crippen molar-refractivity contribution in [2.75, 3.05) is 6.54 Å². The molecule has 0 saturated carbocycles. The van der Waals surface area contributed by atoms with Gasteiger partial charge in [-0.3, -0.25) is 9.35 Å². The zero-order valence-corrected chi connectivity index (χ0v) is 7.02. The lowest BCUT2D eigenvalue weighted by Crippen LogP contribution is -2.29. The van der Waals surface area contributed by atoms with Gasteiger partial charge in [0.25, 0.3) is 0 Å². The van der Waals surface area contributed by atoms with Crippen molar-refractivity contribution in [1.29, 1.82) is 0 Å². The van der Waals surface area contributed by atoms with Crippen molar-refractivity contribution >= 4 is 15.4 Å². The predicted octanol–water partition coefficient (Wildman–Crippen LogP) is 0.384. The molecule has 11 heavy (non-hydrogen) atoms. The molecule has 0 saturated heterocycles. The Labute approximate surface area is 65.5 Å². The van der Waals surface area contributed by atoms with Gasteiger partial charge < -0.3 is 5.32 Å². The van der Waals surface area contributed by atoms with E-state index in [1.807, 2.05) is 12.2 Å². The summed E-state index contributed by atoms with van der Waals surface area (Å²) in [5, 5.41) is 0.719. The number of hydrogen-bond donors (Lipinski definition) is 2. The number of nitrogens with one attached hydrogen (secondary N) is 1. The fourth-order valence-corrected chi connectivity index (χ4v) is 0.743. The average molecular weight is 181 g/mol. The van der Waals surface area contributed by atoms with Crippen molar-refractivity contribution in [3.05, 3.63) is 0 Å². The first-order chi connectivity index (χ1) is 4.98. The Balaban J connectivity index is 3.72. The normalized spacial score (nSPS) is 11.1. The van der Waals surface area contributed by atoms with Crippen LogP contribution < -0.4 is 5.32 Å². The Morgan fingerprint density at radius 3 is 2.45 bits per heavy atom. The molecule has 0 bridgehead atoms.